The summed E-state index contributed by atoms with van der Waals surface area (Å²) in [7, 11) is 1.64. The first-order valence-corrected chi connectivity index (χ1v) is 13.7. The number of ether oxygens (including phenoxy) is 8. The van der Waals surface area contributed by atoms with E-state index in [1.807, 2.05) is 36.4 Å². The molecule has 0 unspecified atom stereocenters. The Kier molecular flexibility index (Phi) is 19.5. The molecule has 0 atom stereocenters. The maximum absolute atomic E-state index is 12.6. The molecule has 0 amide bonds. The van der Waals surface area contributed by atoms with Crippen molar-refractivity contribution >= 4 is 5.97 Å². The van der Waals surface area contributed by atoms with E-state index in [-0.39, 0.29) is 13.2 Å². The highest BCUT2D eigenvalue weighted by Gasteiger charge is 2.12. The van der Waals surface area contributed by atoms with E-state index in [1.54, 1.807) is 19.2 Å². The molecule has 1 N–H and O–H groups in total. The second-order valence-corrected chi connectivity index (χ2v) is 8.61. The predicted octanol–water partition coefficient (Wildman–Crippen LogP) is 3.08. The summed E-state index contributed by atoms with van der Waals surface area (Å²) in [5.41, 5.74) is 2.24. The molecule has 2 aromatic rings. The van der Waals surface area contributed by atoms with Gasteiger partial charge in [-0.1, -0.05) is 36.4 Å². The molecule has 0 radical (unpaired) electrons. The maximum Gasteiger partial charge on any atom is 0.338 e. The molecule has 224 valence electrons. The van der Waals surface area contributed by atoms with Gasteiger partial charge in [-0.15, -0.1) is 0 Å². The van der Waals surface area contributed by atoms with Crippen molar-refractivity contribution in [2.45, 2.75) is 19.4 Å². The minimum absolute atomic E-state index is 0.0767. The van der Waals surface area contributed by atoms with Crippen molar-refractivity contribution in [1.82, 2.24) is 0 Å². The second kappa shape index (κ2) is 23.2. The van der Waals surface area contributed by atoms with Crippen LogP contribution in [0, 0.1) is 0 Å². The van der Waals surface area contributed by atoms with Crippen molar-refractivity contribution in [3.05, 3.63) is 65.2 Å². The van der Waals surface area contributed by atoms with Crippen LogP contribution in [0.15, 0.2) is 48.5 Å². The molecule has 0 aliphatic heterocycles. The van der Waals surface area contributed by atoms with Crippen molar-refractivity contribution < 1.29 is 47.8 Å². The Hall–Kier alpha value is -2.57. The minimum Gasteiger partial charge on any atom is -0.491 e. The zero-order chi connectivity index (χ0) is 28.5. The number of carbonyl (C=O) groups excluding carboxylic acids is 1. The third kappa shape index (κ3) is 15.9. The summed E-state index contributed by atoms with van der Waals surface area (Å²) in [5.74, 6) is 0.165. The van der Waals surface area contributed by atoms with Crippen molar-refractivity contribution in [2.24, 2.45) is 0 Å². The summed E-state index contributed by atoms with van der Waals surface area (Å²) in [6.45, 7) is 6.03. The first-order valence-electron chi connectivity index (χ1n) is 13.7. The Bertz CT molecular complexity index is 893. The lowest BCUT2D eigenvalue weighted by Gasteiger charge is -2.13. The van der Waals surface area contributed by atoms with Crippen LogP contribution in [0.1, 0.15) is 27.9 Å². The Balaban J connectivity index is 1.55. The molecular formula is C30H44O10. The van der Waals surface area contributed by atoms with E-state index in [1.165, 1.54) is 0 Å². The Morgan fingerprint density at radius 2 is 1.25 bits per heavy atom. The van der Waals surface area contributed by atoms with E-state index in [0.29, 0.717) is 103 Å². The van der Waals surface area contributed by atoms with E-state index in [9.17, 15) is 9.90 Å². The average Bonchev–Trinajstić information content (AvgIpc) is 2.99. The van der Waals surface area contributed by atoms with Gasteiger partial charge in [-0.05, 0) is 36.1 Å². The second-order valence-electron chi connectivity index (χ2n) is 8.61. The van der Waals surface area contributed by atoms with E-state index >= 15 is 0 Å². The van der Waals surface area contributed by atoms with E-state index in [4.69, 9.17) is 37.9 Å². The van der Waals surface area contributed by atoms with Crippen molar-refractivity contribution in [3.8, 4) is 5.75 Å². The van der Waals surface area contributed by atoms with Crippen LogP contribution >= 0.6 is 0 Å². The van der Waals surface area contributed by atoms with Gasteiger partial charge in [0.1, 0.15) is 19.0 Å². The van der Waals surface area contributed by atoms with Gasteiger partial charge in [-0.3, -0.25) is 0 Å². The van der Waals surface area contributed by atoms with Crippen LogP contribution in [0.4, 0.5) is 0 Å². The summed E-state index contributed by atoms with van der Waals surface area (Å²) in [6.07, 6.45) is 1.24. The van der Waals surface area contributed by atoms with E-state index in [2.05, 4.69) is 0 Å². The van der Waals surface area contributed by atoms with Gasteiger partial charge in [-0.2, -0.15) is 0 Å². The quantitative estimate of drug-likeness (QED) is 0.143. The molecule has 0 saturated heterocycles. The number of aliphatic hydroxyl groups excluding tert-OH is 1. The van der Waals surface area contributed by atoms with Crippen LogP contribution < -0.4 is 4.74 Å². The standard InChI is InChI=1S/C30H44O10/c1-33-12-13-34-14-15-35-16-17-36-18-19-37-20-21-38-22-23-39-29-24-28(10-9-27(29)8-5-11-31)30(32)40-25-26-6-3-2-4-7-26/h2-4,6-7,9-10,24,31H,5,8,11-23,25H2,1H3. The lowest BCUT2D eigenvalue weighted by molar-refractivity contribution is -0.0159. The molecule has 0 bridgehead atoms. The number of aliphatic hydroxyl groups is 1. The van der Waals surface area contributed by atoms with Gasteiger partial charge in [0.2, 0.25) is 0 Å². The Labute approximate surface area is 237 Å². The average molecular weight is 565 g/mol. The number of aryl methyl sites for hydroxylation is 1. The molecule has 40 heavy (non-hydrogen) atoms. The zero-order valence-corrected chi connectivity index (χ0v) is 23.6. The summed E-state index contributed by atoms with van der Waals surface area (Å²) in [4.78, 5) is 12.6. The number of carbonyl (C=O) groups is 1. The SMILES string of the molecule is COCCOCCOCCOCCOCCOCCOc1cc(C(=O)OCc2ccccc2)ccc1CCCO. The molecule has 2 rings (SSSR count). The third-order valence-corrected chi connectivity index (χ3v) is 5.52. The molecule has 0 saturated carbocycles. The molecule has 0 heterocycles. The highest BCUT2D eigenvalue weighted by Crippen LogP contribution is 2.23. The van der Waals surface area contributed by atoms with Gasteiger partial charge in [0, 0.05) is 13.7 Å². The minimum atomic E-state index is -0.421. The number of hydrogen-bond donors (Lipinski definition) is 1. The summed E-state index contributed by atoms with van der Waals surface area (Å²) in [5, 5.41) is 9.21. The van der Waals surface area contributed by atoms with Crippen LogP contribution in [0.2, 0.25) is 0 Å². The molecule has 0 spiro atoms. The fourth-order valence-corrected chi connectivity index (χ4v) is 3.43. The van der Waals surface area contributed by atoms with Crippen molar-refractivity contribution in [3.63, 3.8) is 0 Å². The van der Waals surface area contributed by atoms with E-state index < -0.39 is 5.97 Å². The van der Waals surface area contributed by atoms with Gasteiger partial charge in [-0.25, -0.2) is 4.79 Å². The lowest BCUT2D eigenvalue weighted by Crippen LogP contribution is -2.15. The first kappa shape index (κ1) is 33.6. The van der Waals surface area contributed by atoms with E-state index in [0.717, 1.165) is 11.1 Å². The Morgan fingerprint density at radius 1 is 0.700 bits per heavy atom. The fourth-order valence-electron chi connectivity index (χ4n) is 3.43. The number of hydrogen-bond acceptors (Lipinski definition) is 10. The summed E-state index contributed by atoms with van der Waals surface area (Å²) in [6, 6.07) is 14.8. The van der Waals surface area contributed by atoms with Gasteiger partial charge in [0.05, 0.1) is 78.2 Å². The monoisotopic (exact) mass is 564 g/mol. The molecule has 0 fully saturated rings. The smallest absolute Gasteiger partial charge is 0.338 e. The number of rotatable bonds is 25. The van der Waals surface area contributed by atoms with Gasteiger partial charge in [0.15, 0.2) is 0 Å². The predicted molar refractivity (Wildman–Crippen MR) is 149 cm³/mol. The molecule has 2 aromatic carbocycles. The van der Waals surface area contributed by atoms with Crippen molar-refractivity contribution in [2.75, 3.05) is 93.0 Å². The lowest BCUT2D eigenvalue weighted by atomic mass is 10.1. The highest BCUT2D eigenvalue weighted by molar-refractivity contribution is 5.90. The largest absolute Gasteiger partial charge is 0.491 e. The van der Waals surface area contributed by atoms with Crippen LogP contribution in [0.25, 0.3) is 0 Å². The summed E-state index contributed by atoms with van der Waals surface area (Å²) < 4.78 is 43.5. The number of esters is 1. The molecular weight excluding hydrogens is 520 g/mol. The maximum atomic E-state index is 12.6. The molecule has 0 aromatic heterocycles. The molecule has 10 heteroatoms. The molecule has 10 nitrogen and oxygen atoms in total. The first-order chi connectivity index (χ1) is 19.7. The van der Waals surface area contributed by atoms with Crippen LogP contribution in [-0.4, -0.2) is 104 Å². The van der Waals surface area contributed by atoms with Gasteiger partial charge >= 0.3 is 5.97 Å². The van der Waals surface area contributed by atoms with Crippen LogP contribution in [-0.2, 0) is 46.2 Å². The Morgan fingerprint density at radius 3 is 1.80 bits per heavy atom. The van der Waals surface area contributed by atoms with Gasteiger partial charge in [0.25, 0.3) is 0 Å². The van der Waals surface area contributed by atoms with Crippen LogP contribution in [0.5, 0.6) is 5.75 Å². The molecule has 0 aliphatic carbocycles. The van der Waals surface area contributed by atoms with Crippen molar-refractivity contribution in [1.29, 1.82) is 0 Å². The fraction of sp³-hybridized carbons (Fsp3) is 0.567. The zero-order valence-electron chi connectivity index (χ0n) is 23.6. The number of methoxy groups -OCH3 is 1. The number of benzene rings is 2. The van der Waals surface area contributed by atoms with Crippen LogP contribution in [0.3, 0.4) is 0 Å². The van der Waals surface area contributed by atoms with Gasteiger partial charge < -0.3 is 43.0 Å². The normalized spacial score (nSPS) is 11.1. The third-order valence-electron chi connectivity index (χ3n) is 5.52. The highest BCUT2D eigenvalue weighted by atomic mass is 16.6. The topological polar surface area (TPSA) is 111 Å². The molecule has 0 aliphatic rings. The summed E-state index contributed by atoms with van der Waals surface area (Å²) >= 11 is 0.